The molecule has 0 spiro atoms. The summed E-state index contributed by atoms with van der Waals surface area (Å²) >= 11 is 6.25. The minimum absolute atomic E-state index is 0.0372. The molecule has 1 amide bonds. The smallest absolute Gasteiger partial charge is 0.289 e. The molecule has 0 saturated heterocycles. The fourth-order valence-corrected chi connectivity index (χ4v) is 3.38. The zero-order valence-electron chi connectivity index (χ0n) is 15.2. The van der Waals surface area contributed by atoms with Crippen LogP contribution in [0.15, 0.2) is 51.9 Å². The summed E-state index contributed by atoms with van der Waals surface area (Å²) in [5.74, 6) is -1.64. The molecule has 2 aromatic carbocycles. The van der Waals surface area contributed by atoms with Crippen LogP contribution >= 0.6 is 23.4 Å². The van der Waals surface area contributed by atoms with Gasteiger partial charge in [-0.25, -0.2) is 0 Å². The van der Waals surface area contributed by atoms with Gasteiger partial charge in [-0.2, -0.15) is 13.8 Å². The number of rotatable bonds is 8. The van der Waals surface area contributed by atoms with E-state index in [1.54, 1.807) is 37.4 Å². The predicted molar refractivity (Wildman–Crippen MR) is 107 cm³/mol. The maximum absolute atomic E-state index is 12.7. The lowest BCUT2D eigenvalue weighted by molar-refractivity contribution is -0.116. The van der Waals surface area contributed by atoms with Crippen molar-refractivity contribution in [1.82, 2.24) is 10.1 Å². The number of carbonyl (C=O) groups excluding carboxylic acids is 1. The summed E-state index contributed by atoms with van der Waals surface area (Å²) in [6.07, 6.45) is 0.239. The van der Waals surface area contributed by atoms with Gasteiger partial charge in [-0.3, -0.25) is 4.79 Å². The molecule has 0 saturated carbocycles. The van der Waals surface area contributed by atoms with E-state index in [0.717, 1.165) is 5.56 Å². The highest BCUT2D eigenvalue weighted by Gasteiger charge is 2.16. The number of benzene rings is 2. The Balaban J connectivity index is 1.60. The molecule has 0 bridgehead atoms. The molecule has 0 radical (unpaired) electrons. The van der Waals surface area contributed by atoms with Crippen molar-refractivity contribution in [2.75, 3.05) is 12.4 Å². The third-order valence-electron chi connectivity index (χ3n) is 3.83. The molecule has 0 aliphatic heterocycles. The summed E-state index contributed by atoms with van der Waals surface area (Å²) in [5, 5.41) is 6.64. The molecule has 3 rings (SSSR count). The molecular weight excluding hydrogens is 424 g/mol. The van der Waals surface area contributed by atoms with E-state index >= 15 is 0 Å². The molecule has 0 atom stereocenters. The number of alkyl halides is 2. The van der Waals surface area contributed by atoms with Crippen LogP contribution in [-0.4, -0.2) is 28.9 Å². The number of anilines is 1. The number of hydrogen-bond acceptors (Lipinski definition) is 6. The number of thioether (sulfide) groups is 1. The van der Waals surface area contributed by atoms with Gasteiger partial charge >= 0.3 is 0 Å². The highest BCUT2D eigenvalue weighted by molar-refractivity contribution is 7.99. The number of nitrogens with zero attached hydrogens (tertiary/aromatic N) is 2. The first kappa shape index (κ1) is 21.1. The molecular formula is C19H16ClF2N3O3S. The lowest BCUT2D eigenvalue weighted by Gasteiger charge is -2.11. The molecule has 0 fully saturated rings. The number of methoxy groups -OCH3 is 1. The van der Waals surface area contributed by atoms with Gasteiger partial charge in [0.15, 0.2) is 0 Å². The van der Waals surface area contributed by atoms with E-state index in [2.05, 4.69) is 15.5 Å². The van der Waals surface area contributed by atoms with Gasteiger partial charge in [-0.1, -0.05) is 34.6 Å². The summed E-state index contributed by atoms with van der Waals surface area (Å²) in [4.78, 5) is 16.6. The standard InChI is InChI=1S/C19H16ClF2N3O3S/c1-27-12-7-5-11(6-8-12)18-24-16(28-25-18)10-9-15(26)23-14-4-2-3-13(20)17(14)29-19(21)22/h2-8,19H,9-10H2,1H3,(H,23,26). The fraction of sp³-hybridized carbons (Fsp3) is 0.211. The van der Waals surface area contributed by atoms with Crippen molar-refractivity contribution in [3.8, 4) is 17.1 Å². The topological polar surface area (TPSA) is 77.2 Å². The van der Waals surface area contributed by atoms with Crippen molar-refractivity contribution >= 4 is 35.0 Å². The van der Waals surface area contributed by atoms with Crippen molar-refractivity contribution < 1.29 is 22.8 Å². The molecule has 0 unspecified atom stereocenters. The molecule has 1 N–H and O–H groups in total. The maximum Gasteiger partial charge on any atom is 0.289 e. The van der Waals surface area contributed by atoms with Crippen LogP contribution in [0.3, 0.4) is 0 Å². The van der Waals surface area contributed by atoms with Crippen LogP contribution in [0, 0.1) is 0 Å². The lowest BCUT2D eigenvalue weighted by atomic mass is 10.2. The quantitative estimate of drug-likeness (QED) is 0.481. The molecule has 0 aliphatic rings. The molecule has 1 heterocycles. The van der Waals surface area contributed by atoms with E-state index in [0.29, 0.717) is 17.5 Å². The van der Waals surface area contributed by atoms with Crippen molar-refractivity contribution in [3.63, 3.8) is 0 Å². The highest BCUT2D eigenvalue weighted by atomic mass is 35.5. The van der Waals surface area contributed by atoms with E-state index < -0.39 is 5.76 Å². The average Bonchev–Trinajstić information content (AvgIpc) is 3.18. The van der Waals surface area contributed by atoms with Gasteiger partial charge in [0.2, 0.25) is 17.6 Å². The largest absolute Gasteiger partial charge is 0.497 e. The van der Waals surface area contributed by atoms with Crippen molar-refractivity contribution in [3.05, 3.63) is 53.4 Å². The first-order valence-corrected chi connectivity index (χ1v) is 9.72. The molecule has 152 valence electrons. The molecule has 10 heteroatoms. The third kappa shape index (κ3) is 5.68. The zero-order valence-corrected chi connectivity index (χ0v) is 16.8. The van der Waals surface area contributed by atoms with E-state index in [9.17, 15) is 13.6 Å². The third-order valence-corrected chi connectivity index (χ3v) is 5.11. The Morgan fingerprint density at radius 2 is 2.03 bits per heavy atom. The fourth-order valence-electron chi connectivity index (χ4n) is 2.46. The number of halogens is 3. The van der Waals surface area contributed by atoms with Gasteiger partial charge < -0.3 is 14.6 Å². The average molecular weight is 440 g/mol. The predicted octanol–water partition coefficient (Wildman–Crippen LogP) is 5.28. The van der Waals surface area contributed by atoms with Crippen LogP contribution in [-0.2, 0) is 11.2 Å². The second-order valence-corrected chi connectivity index (χ2v) is 7.19. The van der Waals surface area contributed by atoms with Gasteiger partial charge in [0, 0.05) is 18.4 Å². The monoisotopic (exact) mass is 439 g/mol. The molecule has 6 nitrogen and oxygen atoms in total. The van der Waals surface area contributed by atoms with E-state index in [-0.39, 0.29) is 46.1 Å². The first-order valence-electron chi connectivity index (χ1n) is 8.46. The Morgan fingerprint density at radius 3 is 2.72 bits per heavy atom. The summed E-state index contributed by atoms with van der Waals surface area (Å²) < 4.78 is 35.7. The zero-order chi connectivity index (χ0) is 20.8. The van der Waals surface area contributed by atoms with Gasteiger partial charge in [-0.15, -0.1) is 0 Å². The summed E-state index contributed by atoms with van der Waals surface area (Å²) in [5.41, 5.74) is 0.982. The Labute approximate surface area is 174 Å². The maximum atomic E-state index is 12.7. The minimum atomic E-state index is -2.65. The van der Waals surface area contributed by atoms with E-state index in [4.69, 9.17) is 20.9 Å². The van der Waals surface area contributed by atoms with Crippen LogP contribution in [0.5, 0.6) is 5.75 Å². The molecule has 0 aliphatic carbocycles. The Morgan fingerprint density at radius 1 is 1.28 bits per heavy atom. The Bertz CT molecular complexity index is 983. The van der Waals surface area contributed by atoms with Crippen LogP contribution < -0.4 is 10.1 Å². The van der Waals surface area contributed by atoms with Gasteiger partial charge in [0.25, 0.3) is 5.76 Å². The van der Waals surface area contributed by atoms with Crippen molar-refractivity contribution in [2.24, 2.45) is 0 Å². The minimum Gasteiger partial charge on any atom is -0.497 e. The number of hydrogen-bond donors (Lipinski definition) is 1. The van der Waals surface area contributed by atoms with E-state index in [1.807, 2.05) is 0 Å². The first-order chi connectivity index (χ1) is 14.0. The number of carbonyl (C=O) groups is 1. The Kier molecular flexibility index (Phi) is 7.05. The number of amides is 1. The summed E-state index contributed by atoms with van der Waals surface area (Å²) in [6.45, 7) is 0. The van der Waals surface area contributed by atoms with Gasteiger partial charge in [0.1, 0.15) is 5.75 Å². The molecule has 1 aromatic heterocycles. The second-order valence-electron chi connectivity index (χ2n) is 5.78. The van der Waals surface area contributed by atoms with Gasteiger partial charge in [0.05, 0.1) is 22.7 Å². The highest BCUT2D eigenvalue weighted by Crippen LogP contribution is 2.37. The lowest BCUT2D eigenvalue weighted by Crippen LogP contribution is -2.13. The molecule has 29 heavy (non-hydrogen) atoms. The normalized spacial score (nSPS) is 10.9. The number of ether oxygens (including phenoxy) is 1. The summed E-state index contributed by atoms with van der Waals surface area (Å²) in [6, 6.07) is 11.7. The van der Waals surface area contributed by atoms with Crippen LogP contribution in [0.25, 0.3) is 11.4 Å². The SMILES string of the molecule is COc1ccc(-c2noc(CCC(=O)Nc3cccc(Cl)c3SC(F)F)n2)cc1. The van der Waals surface area contributed by atoms with Crippen molar-refractivity contribution in [2.45, 2.75) is 23.5 Å². The second kappa shape index (κ2) is 9.71. The Hall–Kier alpha value is -2.65. The van der Waals surface area contributed by atoms with E-state index in [1.165, 1.54) is 12.1 Å². The van der Waals surface area contributed by atoms with Gasteiger partial charge in [-0.05, 0) is 36.4 Å². The van der Waals surface area contributed by atoms with Crippen LogP contribution in [0.4, 0.5) is 14.5 Å². The number of nitrogens with one attached hydrogen (secondary N) is 1. The number of aryl methyl sites for hydroxylation is 1. The number of aromatic nitrogens is 2. The van der Waals surface area contributed by atoms with Crippen molar-refractivity contribution in [1.29, 1.82) is 0 Å². The molecule has 3 aromatic rings. The van der Waals surface area contributed by atoms with Crippen LogP contribution in [0.2, 0.25) is 5.02 Å². The summed E-state index contributed by atoms with van der Waals surface area (Å²) in [7, 11) is 1.57. The van der Waals surface area contributed by atoms with Crippen LogP contribution in [0.1, 0.15) is 12.3 Å².